The molecule has 0 saturated heterocycles. The zero-order valence-corrected chi connectivity index (χ0v) is 5.64. The van der Waals surface area contributed by atoms with Crippen molar-refractivity contribution in [2.75, 3.05) is 7.11 Å². The first kappa shape index (κ1) is 6.29. The van der Waals surface area contributed by atoms with Gasteiger partial charge in [-0.3, -0.25) is 5.10 Å². The van der Waals surface area contributed by atoms with Crippen LogP contribution in [-0.4, -0.2) is 17.3 Å². The third-order valence-corrected chi connectivity index (χ3v) is 1.22. The third-order valence-electron chi connectivity index (χ3n) is 1.22. The summed E-state index contributed by atoms with van der Waals surface area (Å²) in [6.07, 6.45) is 1.79. The van der Waals surface area contributed by atoms with E-state index < -0.39 is 0 Å². The minimum absolute atomic E-state index is 0.617. The van der Waals surface area contributed by atoms with Gasteiger partial charge in [-0.15, -0.1) is 0 Å². The second-order valence-corrected chi connectivity index (χ2v) is 1.96. The van der Waals surface area contributed by atoms with Crippen molar-refractivity contribution >= 4 is 0 Å². The van der Waals surface area contributed by atoms with Crippen molar-refractivity contribution in [3.63, 3.8) is 0 Å². The smallest absolute Gasteiger partial charge is 0.0881 e. The maximum Gasteiger partial charge on any atom is 0.0881 e. The zero-order chi connectivity index (χ0) is 6.69. The highest BCUT2D eigenvalue weighted by molar-refractivity contribution is 5.12. The van der Waals surface area contributed by atoms with Crippen LogP contribution in [0.2, 0.25) is 0 Å². The normalized spacial score (nSPS) is 10.0. The summed E-state index contributed by atoms with van der Waals surface area (Å²) in [6, 6.07) is 0. The van der Waals surface area contributed by atoms with Crippen LogP contribution in [0.4, 0.5) is 0 Å². The number of nitrogens with zero attached hydrogens (tertiary/aromatic N) is 1. The number of aromatic nitrogens is 2. The molecule has 3 heteroatoms. The second-order valence-electron chi connectivity index (χ2n) is 1.96. The zero-order valence-electron chi connectivity index (χ0n) is 5.64. The first-order chi connectivity index (χ1) is 4.34. The summed E-state index contributed by atoms with van der Waals surface area (Å²) in [6.45, 7) is 2.61. The van der Waals surface area contributed by atoms with E-state index in [1.807, 2.05) is 6.92 Å². The molecule has 0 radical (unpaired) electrons. The van der Waals surface area contributed by atoms with Crippen LogP contribution in [0, 0.1) is 6.92 Å². The fourth-order valence-corrected chi connectivity index (χ4v) is 0.664. The lowest BCUT2D eigenvalue weighted by molar-refractivity contribution is 0.181. The molecule has 3 nitrogen and oxygen atoms in total. The first-order valence-electron chi connectivity index (χ1n) is 2.82. The highest BCUT2D eigenvalue weighted by Gasteiger charge is 1.96. The number of hydrogen-bond acceptors (Lipinski definition) is 2. The Labute approximate surface area is 54.0 Å². The average Bonchev–Trinajstić information content (AvgIpc) is 2.18. The molecule has 0 spiro atoms. The number of rotatable bonds is 2. The predicted octanol–water partition coefficient (Wildman–Crippen LogP) is 0.865. The standard InChI is InChI=1S/C6H10N2O/c1-5-3-7-8-6(5)4-9-2/h3H,4H2,1-2H3,(H,7,8). The maximum atomic E-state index is 4.90. The largest absolute Gasteiger partial charge is 0.378 e. The Morgan fingerprint density at radius 1 is 1.78 bits per heavy atom. The van der Waals surface area contributed by atoms with Crippen LogP contribution in [0.1, 0.15) is 11.3 Å². The van der Waals surface area contributed by atoms with Gasteiger partial charge >= 0.3 is 0 Å². The first-order valence-corrected chi connectivity index (χ1v) is 2.82. The van der Waals surface area contributed by atoms with Crippen LogP contribution in [0.5, 0.6) is 0 Å². The maximum absolute atomic E-state index is 4.90. The van der Waals surface area contributed by atoms with Crippen LogP contribution in [0.3, 0.4) is 0 Å². The average molecular weight is 126 g/mol. The number of H-pyrrole nitrogens is 1. The van der Waals surface area contributed by atoms with Crippen molar-refractivity contribution in [2.24, 2.45) is 0 Å². The molecule has 0 aromatic carbocycles. The molecule has 0 saturated carbocycles. The molecule has 9 heavy (non-hydrogen) atoms. The molecule has 0 fully saturated rings. The molecule has 1 aromatic heterocycles. The lowest BCUT2D eigenvalue weighted by atomic mass is 10.3. The summed E-state index contributed by atoms with van der Waals surface area (Å²) in [5, 5.41) is 6.67. The fourth-order valence-electron chi connectivity index (χ4n) is 0.664. The Kier molecular flexibility index (Phi) is 1.85. The number of hydrogen-bond donors (Lipinski definition) is 1. The van der Waals surface area contributed by atoms with Crippen LogP contribution < -0.4 is 0 Å². The van der Waals surface area contributed by atoms with Gasteiger partial charge in [-0.25, -0.2) is 0 Å². The van der Waals surface area contributed by atoms with Crippen LogP contribution in [0.15, 0.2) is 6.20 Å². The van der Waals surface area contributed by atoms with Crippen molar-refractivity contribution in [3.8, 4) is 0 Å². The van der Waals surface area contributed by atoms with E-state index in [1.54, 1.807) is 13.3 Å². The van der Waals surface area contributed by atoms with E-state index in [1.165, 1.54) is 0 Å². The van der Waals surface area contributed by atoms with Gasteiger partial charge < -0.3 is 4.74 Å². The van der Waals surface area contributed by atoms with Gasteiger partial charge in [-0.2, -0.15) is 5.10 Å². The number of aromatic amines is 1. The molecule has 1 heterocycles. The number of aryl methyl sites for hydroxylation is 1. The van der Waals surface area contributed by atoms with Crippen LogP contribution in [0.25, 0.3) is 0 Å². The van der Waals surface area contributed by atoms with E-state index in [-0.39, 0.29) is 0 Å². The molecule has 0 aliphatic heterocycles. The van der Waals surface area contributed by atoms with E-state index in [0.717, 1.165) is 11.3 Å². The molecular weight excluding hydrogens is 116 g/mol. The van der Waals surface area contributed by atoms with Gasteiger partial charge in [0, 0.05) is 7.11 Å². The Morgan fingerprint density at radius 3 is 3.00 bits per heavy atom. The molecule has 1 N–H and O–H groups in total. The lowest BCUT2D eigenvalue weighted by Gasteiger charge is -1.93. The van der Waals surface area contributed by atoms with Gasteiger partial charge in [0.1, 0.15) is 0 Å². The van der Waals surface area contributed by atoms with Crippen molar-refractivity contribution in [1.82, 2.24) is 10.2 Å². The topological polar surface area (TPSA) is 37.9 Å². The third kappa shape index (κ3) is 1.29. The number of ether oxygens (including phenoxy) is 1. The van der Waals surface area contributed by atoms with Gasteiger partial charge in [0.25, 0.3) is 0 Å². The summed E-state index contributed by atoms with van der Waals surface area (Å²) in [5.41, 5.74) is 2.20. The van der Waals surface area contributed by atoms with Crippen molar-refractivity contribution in [1.29, 1.82) is 0 Å². The summed E-state index contributed by atoms with van der Waals surface area (Å²) >= 11 is 0. The second kappa shape index (κ2) is 2.64. The molecule has 1 aromatic rings. The van der Waals surface area contributed by atoms with Gasteiger partial charge in [0.15, 0.2) is 0 Å². The highest BCUT2D eigenvalue weighted by atomic mass is 16.5. The number of methoxy groups -OCH3 is 1. The van der Waals surface area contributed by atoms with Crippen LogP contribution in [-0.2, 0) is 11.3 Å². The summed E-state index contributed by atoms with van der Waals surface area (Å²) in [7, 11) is 1.67. The molecule has 0 aliphatic carbocycles. The van der Waals surface area contributed by atoms with Crippen molar-refractivity contribution in [2.45, 2.75) is 13.5 Å². The van der Waals surface area contributed by atoms with E-state index in [9.17, 15) is 0 Å². The Morgan fingerprint density at radius 2 is 2.56 bits per heavy atom. The van der Waals surface area contributed by atoms with Gasteiger partial charge in [-0.1, -0.05) is 0 Å². The number of nitrogens with one attached hydrogen (secondary N) is 1. The molecule has 50 valence electrons. The molecule has 0 atom stereocenters. The minimum Gasteiger partial charge on any atom is -0.378 e. The fraction of sp³-hybridized carbons (Fsp3) is 0.500. The minimum atomic E-state index is 0.617. The predicted molar refractivity (Wildman–Crippen MR) is 34.0 cm³/mol. The lowest BCUT2D eigenvalue weighted by Crippen LogP contribution is -1.89. The van der Waals surface area contributed by atoms with Gasteiger partial charge in [0.05, 0.1) is 18.5 Å². The quantitative estimate of drug-likeness (QED) is 0.638. The van der Waals surface area contributed by atoms with E-state index in [4.69, 9.17) is 4.74 Å². The summed E-state index contributed by atoms with van der Waals surface area (Å²) in [5.74, 6) is 0. The van der Waals surface area contributed by atoms with E-state index >= 15 is 0 Å². The molecule has 0 amide bonds. The van der Waals surface area contributed by atoms with E-state index in [0.29, 0.717) is 6.61 Å². The SMILES string of the molecule is COCc1[nH]ncc1C. The Hall–Kier alpha value is -0.830. The highest BCUT2D eigenvalue weighted by Crippen LogP contribution is 2.01. The van der Waals surface area contributed by atoms with Crippen molar-refractivity contribution in [3.05, 3.63) is 17.5 Å². The Bertz CT molecular complexity index is 183. The van der Waals surface area contributed by atoms with Crippen molar-refractivity contribution < 1.29 is 4.74 Å². The summed E-state index contributed by atoms with van der Waals surface area (Å²) in [4.78, 5) is 0. The molecule has 0 bridgehead atoms. The Balaban J connectivity index is 2.69. The van der Waals surface area contributed by atoms with Gasteiger partial charge in [-0.05, 0) is 12.5 Å². The molecule has 0 aliphatic rings. The molecule has 1 rings (SSSR count). The van der Waals surface area contributed by atoms with E-state index in [2.05, 4.69) is 10.2 Å². The van der Waals surface area contributed by atoms with Gasteiger partial charge in [0.2, 0.25) is 0 Å². The molecular formula is C6H10N2O. The molecule has 0 unspecified atom stereocenters. The monoisotopic (exact) mass is 126 g/mol. The van der Waals surface area contributed by atoms with Crippen LogP contribution >= 0.6 is 0 Å². The summed E-state index contributed by atoms with van der Waals surface area (Å²) < 4.78 is 4.90.